The van der Waals surface area contributed by atoms with Crippen molar-refractivity contribution in [2.45, 2.75) is 18.9 Å². The molecule has 174 valence electrons. The quantitative estimate of drug-likeness (QED) is 0.510. The number of hydrogen-bond donors (Lipinski definition) is 2. The number of morpholine rings is 1. The van der Waals surface area contributed by atoms with E-state index in [-0.39, 0.29) is 34.7 Å². The standard InChI is InChI=1S/C22H22FN9O2/c23-17-10-19(34-8-5-31-3-6-33-7-4-31)14(11-24)9-18(17)28-22-29-20(27-15-1-2-15)21-26-13-16(12-25)32(21)30-22/h9-10,13,15H,1-8H2,(H2,27,28,29,30). The van der Waals surface area contributed by atoms with Gasteiger partial charge in [0.15, 0.2) is 17.2 Å². The summed E-state index contributed by atoms with van der Waals surface area (Å²) in [5.41, 5.74) is 0.841. The fraction of sp³-hybridized carbons (Fsp3) is 0.409. The summed E-state index contributed by atoms with van der Waals surface area (Å²) in [5.74, 6) is 0.0685. The predicted octanol–water partition coefficient (Wildman–Crippen LogP) is 2.04. The zero-order valence-corrected chi connectivity index (χ0v) is 18.3. The van der Waals surface area contributed by atoms with E-state index in [4.69, 9.17) is 9.47 Å². The zero-order valence-electron chi connectivity index (χ0n) is 18.3. The molecule has 1 saturated carbocycles. The third kappa shape index (κ3) is 4.69. The predicted molar refractivity (Wildman–Crippen MR) is 119 cm³/mol. The topological polar surface area (TPSA) is 136 Å². The maximum atomic E-state index is 14.9. The summed E-state index contributed by atoms with van der Waals surface area (Å²) >= 11 is 0. The van der Waals surface area contributed by atoms with Crippen molar-refractivity contribution in [3.05, 3.63) is 35.4 Å². The number of rotatable bonds is 8. The monoisotopic (exact) mass is 463 g/mol. The molecule has 34 heavy (non-hydrogen) atoms. The van der Waals surface area contributed by atoms with E-state index in [9.17, 15) is 14.9 Å². The number of nitrogens with one attached hydrogen (secondary N) is 2. The Morgan fingerprint density at radius 2 is 2.03 bits per heavy atom. The third-order valence-corrected chi connectivity index (χ3v) is 5.60. The van der Waals surface area contributed by atoms with E-state index >= 15 is 0 Å². The second-order valence-corrected chi connectivity index (χ2v) is 8.06. The minimum Gasteiger partial charge on any atom is -0.491 e. The first kappa shape index (κ1) is 21.8. The number of anilines is 3. The van der Waals surface area contributed by atoms with Crippen molar-refractivity contribution >= 4 is 23.1 Å². The average molecular weight is 463 g/mol. The van der Waals surface area contributed by atoms with Crippen LogP contribution >= 0.6 is 0 Å². The molecule has 5 rings (SSSR count). The van der Waals surface area contributed by atoms with Crippen molar-refractivity contribution in [3.63, 3.8) is 0 Å². The normalized spacial score (nSPS) is 16.1. The van der Waals surface area contributed by atoms with E-state index in [0.29, 0.717) is 37.8 Å². The molecule has 2 N–H and O–H groups in total. The Morgan fingerprint density at radius 3 is 2.76 bits per heavy atom. The molecule has 1 aliphatic carbocycles. The lowest BCUT2D eigenvalue weighted by molar-refractivity contribution is 0.0322. The third-order valence-electron chi connectivity index (χ3n) is 5.60. The molecular formula is C22H22FN9O2. The minimum absolute atomic E-state index is 0.0208. The first-order valence-electron chi connectivity index (χ1n) is 11.0. The van der Waals surface area contributed by atoms with E-state index in [0.717, 1.165) is 25.9 Å². The molecule has 1 saturated heterocycles. The Morgan fingerprint density at radius 1 is 1.21 bits per heavy atom. The molecule has 2 aliphatic rings. The van der Waals surface area contributed by atoms with E-state index < -0.39 is 5.82 Å². The van der Waals surface area contributed by atoms with Crippen molar-refractivity contribution < 1.29 is 13.9 Å². The molecule has 1 aromatic carbocycles. The van der Waals surface area contributed by atoms with Gasteiger partial charge >= 0.3 is 0 Å². The van der Waals surface area contributed by atoms with Crippen LogP contribution < -0.4 is 15.4 Å². The lowest BCUT2D eigenvalue weighted by Crippen LogP contribution is -2.38. The number of fused-ring (bicyclic) bond motifs is 1. The molecule has 11 nitrogen and oxygen atoms in total. The maximum Gasteiger partial charge on any atom is 0.247 e. The molecule has 0 spiro atoms. The molecule has 2 fully saturated rings. The van der Waals surface area contributed by atoms with Crippen LogP contribution in [0.15, 0.2) is 18.3 Å². The highest BCUT2D eigenvalue weighted by Crippen LogP contribution is 2.29. The Hall–Kier alpha value is -4.00. The number of aromatic nitrogens is 4. The van der Waals surface area contributed by atoms with Gasteiger partial charge in [-0.3, -0.25) is 4.90 Å². The second-order valence-electron chi connectivity index (χ2n) is 8.06. The molecule has 2 aromatic heterocycles. The number of nitriles is 2. The number of ether oxygens (including phenoxy) is 2. The summed E-state index contributed by atoms with van der Waals surface area (Å²) in [5, 5.41) is 29.3. The van der Waals surface area contributed by atoms with Crippen molar-refractivity contribution in [2.24, 2.45) is 0 Å². The van der Waals surface area contributed by atoms with Gasteiger partial charge in [0.05, 0.1) is 30.7 Å². The van der Waals surface area contributed by atoms with Crippen LogP contribution in [-0.4, -0.2) is 70.0 Å². The van der Waals surface area contributed by atoms with Gasteiger partial charge in [-0.25, -0.2) is 9.37 Å². The first-order chi connectivity index (χ1) is 16.6. The van der Waals surface area contributed by atoms with Crippen LogP contribution in [0.5, 0.6) is 5.75 Å². The Labute approximate surface area is 194 Å². The van der Waals surface area contributed by atoms with Crippen LogP contribution in [-0.2, 0) is 4.74 Å². The van der Waals surface area contributed by atoms with Gasteiger partial charge in [-0.2, -0.15) is 20.0 Å². The van der Waals surface area contributed by atoms with Crippen molar-refractivity contribution in [1.82, 2.24) is 24.5 Å². The number of nitrogens with zero attached hydrogens (tertiary/aromatic N) is 7. The molecular weight excluding hydrogens is 441 g/mol. The second kappa shape index (κ2) is 9.47. The van der Waals surface area contributed by atoms with E-state index in [1.807, 2.05) is 6.07 Å². The van der Waals surface area contributed by atoms with Gasteiger partial charge in [0.1, 0.15) is 30.3 Å². The lowest BCUT2D eigenvalue weighted by Gasteiger charge is -2.26. The summed E-state index contributed by atoms with van der Waals surface area (Å²) < 4.78 is 27.3. The smallest absolute Gasteiger partial charge is 0.247 e. The molecule has 0 amide bonds. The van der Waals surface area contributed by atoms with Crippen LogP contribution in [0, 0.1) is 28.5 Å². The summed E-state index contributed by atoms with van der Waals surface area (Å²) in [7, 11) is 0. The summed E-state index contributed by atoms with van der Waals surface area (Å²) in [4.78, 5) is 10.8. The van der Waals surface area contributed by atoms with E-state index in [2.05, 4.69) is 36.7 Å². The highest BCUT2D eigenvalue weighted by molar-refractivity contribution is 5.68. The van der Waals surface area contributed by atoms with Crippen LogP contribution in [0.1, 0.15) is 24.1 Å². The lowest BCUT2D eigenvalue weighted by atomic mass is 10.2. The molecule has 0 atom stereocenters. The van der Waals surface area contributed by atoms with Crippen LogP contribution in [0.2, 0.25) is 0 Å². The van der Waals surface area contributed by atoms with Crippen LogP contribution in [0.3, 0.4) is 0 Å². The fourth-order valence-corrected chi connectivity index (χ4v) is 3.62. The molecule has 1 aliphatic heterocycles. The molecule has 0 radical (unpaired) electrons. The molecule has 0 unspecified atom stereocenters. The van der Waals surface area contributed by atoms with Crippen LogP contribution in [0.25, 0.3) is 5.65 Å². The highest BCUT2D eigenvalue weighted by Gasteiger charge is 2.24. The summed E-state index contributed by atoms with van der Waals surface area (Å²) in [6.07, 6.45) is 3.43. The summed E-state index contributed by atoms with van der Waals surface area (Å²) in [6, 6.07) is 6.90. The Kier molecular flexibility index (Phi) is 6.08. The number of imidazole rings is 1. The number of hydrogen-bond acceptors (Lipinski definition) is 10. The molecule has 3 heterocycles. The largest absolute Gasteiger partial charge is 0.491 e. The molecule has 0 bridgehead atoms. The van der Waals surface area contributed by atoms with E-state index in [1.165, 1.54) is 22.8 Å². The van der Waals surface area contributed by atoms with Gasteiger partial charge in [0, 0.05) is 31.7 Å². The fourth-order valence-electron chi connectivity index (χ4n) is 3.62. The van der Waals surface area contributed by atoms with Crippen molar-refractivity contribution in [1.29, 1.82) is 10.5 Å². The SMILES string of the molecule is N#Cc1cc(Nc2nc(NC3CC3)c3ncc(C#N)n3n2)c(F)cc1OCCN1CCOCC1. The Bertz CT molecular complexity index is 1290. The zero-order chi connectivity index (χ0) is 23.5. The van der Waals surface area contributed by atoms with Gasteiger partial charge in [0.25, 0.3) is 0 Å². The number of halogens is 1. The minimum atomic E-state index is -0.619. The van der Waals surface area contributed by atoms with Gasteiger partial charge < -0.3 is 20.1 Å². The maximum absolute atomic E-state index is 14.9. The van der Waals surface area contributed by atoms with Crippen molar-refractivity contribution in [3.8, 4) is 17.9 Å². The summed E-state index contributed by atoms with van der Waals surface area (Å²) in [6.45, 7) is 3.98. The molecule has 12 heteroatoms. The first-order valence-corrected chi connectivity index (χ1v) is 11.0. The van der Waals surface area contributed by atoms with Crippen molar-refractivity contribution in [2.75, 3.05) is 50.1 Å². The highest BCUT2D eigenvalue weighted by atomic mass is 19.1. The van der Waals surface area contributed by atoms with Gasteiger partial charge in [-0.1, -0.05) is 0 Å². The number of benzene rings is 1. The molecule has 3 aromatic rings. The van der Waals surface area contributed by atoms with Crippen LogP contribution in [0.4, 0.5) is 21.8 Å². The Balaban J connectivity index is 1.36. The van der Waals surface area contributed by atoms with Gasteiger partial charge in [-0.15, -0.1) is 5.10 Å². The van der Waals surface area contributed by atoms with Gasteiger partial charge in [-0.05, 0) is 18.9 Å². The van der Waals surface area contributed by atoms with E-state index in [1.54, 1.807) is 0 Å². The van der Waals surface area contributed by atoms with Gasteiger partial charge in [0.2, 0.25) is 5.95 Å². The average Bonchev–Trinajstić information content (AvgIpc) is 3.57.